The van der Waals surface area contributed by atoms with Gasteiger partial charge in [-0.15, -0.1) is 0 Å². The third kappa shape index (κ3) is 2.54. The molecule has 6 atom stereocenters. The molecule has 35 heavy (non-hydrogen) atoms. The molecule has 0 aliphatic heterocycles. The van der Waals surface area contributed by atoms with Crippen molar-refractivity contribution in [3.05, 3.63) is 72.8 Å². The van der Waals surface area contributed by atoms with Crippen LogP contribution in [0.15, 0.2) is 72.8 Å². The molecule has 1 spiro atoms. The van der Waals surface area contributed by atoms with Gasteiger partial charge in [0.25, 0.3) is 0 Å². The van der Waals surface area contributed by atoms with E-state index in [1.165, 1.54) is 50.8 Å². The first kappa shape index (κ1) is 20.4. The quantitative estimate of drug-likeness (QED) is 0.219. The van der Waals surface area contributed by atoms with Gasteiger partial charge in [0.2, 0.25) is 0 Å². The van der Waals surface area contributed by atoms with Crippen LogP contribution in [0.5, 0.6) is 5.75 Å². The van der Waals surface area contributed by atoms with Crippen LogP contribution in [0.25, 0.3) is 25.1 Å². The van der Waals surface area contributed by atoms with Crippen LogP contribution in [0.2, 0.25) is 0 Å². The molecule has 0 N–H and O–H groups in total. The molecule has 1 heterocycles. The molecule has 8 rings (SSSR count). The summed E-state index contributed by atoms with van der Waals surface area (Å²) in [5, 5.41) is 2.66. The maximum atomic E-state index is 12.8. The Morgan fingerprint density at radius 3 is 2.23 bits per heavy atom. The Labute approximate surface area is 208 Å². The predicted octanol–water partition coefficient (Wildman–Crippen LogP) is 7.48. The molecular weight excluding hydrogens is 452 g/mol. The molecule has 4 saturated carbocycles. The number of benzene rings is 3. The van der Waals surface area contributed by atoms with Crippen LogP contribution in [0.4, 0.5) is 0 Å². The number of esters is 1. The van der Waals surface area contributed by atoms with E-state index in [4.69, 9.17) is 9.47 Å². The summed E-state index contributed by atoms with van der Waals surface area (Å²) in [5.74, 6) is 3.45. The number of rotatable bonds is 5. The number of carbonyl (C=O) groups excluding carboxylic acids is 1. The average Bonchev–Trinajstić information content (AvgIpc) is 3.51. The fraction of sp³-hybridized carbons (Fsp3) is 0.387. The number of thiophene rings is 1. The second kappa shape index (κ2) is 6.88. The lowest BCUT2D eigenvalue weighted by Gasteiger charge is -2.74. The van der Waals surface area contributed by atoms with E-state index in [-0.39, 0.29) is 28.6 Å². The molecular formula is C31H29O3S+. The molecule has 176 valence electrons. The summed E-state index contributed by atoms with van der Waals surface area (Å²) in [6.45, 7) is 2.17. The van der Waals surface area contributed by atoms with Crippen LogP contribution in [-0.2, 0) is 9.53 Å². The zero-order valence-corrected chi connectivity index (χ0v) is 20.7. The normalized spacial score (nSPS) is 33.9. The standard InChI is InChI=1S/C31H29O3S/c1-30(27-15-19-14-20-16-28(30)31(20,27)17-19)34-29(32)18-33-21-10-12-22(13-11-21)35-25-8-4-2-6-23(25)24-7-3-5-9-26(24)35/h2-13,19-20,27-28H,14-18H2,1H3/q+1/t19?,20?,27?,28?,30?,31-/m1/s1. The Hall–Kier alpha value is -2.85. The summed E-state index contributed by atoms with van der Waals surface area (Å²) in [5.41, 5.74) is 0.273. The van der Waals surface area contributed by atoms with E-state index in [2.05, 4.69) is 67.6 Å². The smallest absolute Gasteiger partial charge is 0.344 e. The largest absolute Gasteiger partial charge is 0.482 e. The fourth-order valence-corrected chi connectivity index (χ4v) is 11.3. The SMILES string of the molecule is CC1(OC(=O)COc2ccc(-[s+]3c4ccccc4c4ccccc43)cc2)C2CC3CC4CC1[C@]42C3. The van der Waals surface area contributed by atoms with Crippen molar-refractivity contribution in [2.75, 3.05) is 6.61 Å². The highest BCUT2D eigenvalue weighted by atomic mass is 32.2. The predicted molar refractivity (Wildman–Crippen MR) is 140 cm³/mol. The number of hydrogen-bond acceptors (Lipinski definition) is 3. The second-order valence-corrected chi connectivity index (χ2v) is 13.4. The highest BCUT2D eigenvalue weighted by molar-refractivity contribution is 7.50. The molecule has 0 amide bonds. The van der Waals surface area contributed by atoms with Gasteiger partial charge < -0.3 is 9.47 Å². The van der Waals surface area contributed by atoms with Crippen LogP contribution < -0.4 is 4.74 Å². The molecule has 4 aromatic rings. The van der Waals surface area contributed by atoms with Crippen molar-refractivity contribution in [1.82, 2.24) is 0 Å². The monoisotopic (exact) mass is 481 g/mol. The van der Waals surface area contributed by atoms with Gasteiger partial charge in [-0.05, 0) is 86.3 Å². The zero-order valence-electron chi connectivity index (χ0n) is 19.9. The van der Waals surface area contributed by atoms with Gasteiger partial charge in [0, 0.05) is 45.2 Å². The van der Waals surface area contributed by atoms with E-state index in [1.54, 1.807) is 0 Å². The maximum Gasteiger partial charge on any atom is 0.344 e. The van der Waals surface area contributed by atoms with E-state index in [0.29, 0.717) is 23.0 Å². The Morgan fingerprint density at radius 1 is 0.886 bits per heavy atom. The van der Waals surface area contributed by atoms with Crippen molar-refractivity contribution in [3.63, 3.8) is 0 Å². The summed E-state index contributed by atoms with van der Waals surface area (Å²) in [6, 6.07) is 25.7. The lowest BCUT2D eigenvalue weighted by molar-refractivity contribution is -0.319. The van der Waals surface area contributed by atoms with Crippen LogP contribution in [-0.4, -0.2) is 18.2 Å². The summed E-state index contributed by atoms with van der Waals surface area (Å²) in [4.78, 5) is 14.0. The third-order valence-corrected chi connectivity index (χ3v) is 12.4. The van der Waals surface area contributed by atoms with Crippen LogP contribution in [0, 0.1) is 29.1 Å². The Morgan fingerprint density at radius 2 is 1.54 bits per heavy atom. The van der Waals surface area contributed by atoms with Gasteiger partial charge in [0.05, 0.1) is 0 Å². The summed E-state index contributed by atoms with van der Waals surface area (Å²) >= 11 is 0. The molecule has 4 aliphatic carbocycles. The van der Waals surface area contributed by atoms with Gasteiger partial charge in [-0.25, -0.2) is 4.79 Å². The fourth-order valence-electron chi connectivity index (χ4n) is 8.88. The van der Waals surface area contributed by atoms with Crippen molar-refractivity contribution in [2.24, 2.45) is 29.1 Å². The highest BCUT2D eigenvalue weighted by Gasteiger charge is 2.83. The van der Waals surface area contributed by atoms with E-state index in [0.717, 1.165) is 11.8 Å². The van der Waals surface area contributed by atoms with Crippen LogP contribution >= 0.6 is 10.5 Å². The molecule has 0 radical (unpaired) electrons. The highest BCUT2D eigenvalue weighted by Crippen LogP contribution is 2.84. The Balaban J connectivity index is 0.988. The average molecular weight is 482 g/mol. The lowest BCUT2D eigenvalue weighted by Crippen LogP contribution is -2.76. The van der Waals surface area contributed by atoms with Crippen molar-refractivity contribution < 1.29 is 14.3 Å². The molecule has 4 fully saturated rings. The molecule has 5 unspecified atom stereocenters. The van der Waals surface area contributed by atoms with Crippen molar-refractivity contribution in [1.29, 1.82) is 0 Å². The number of carbonyl (C=O) groups is 1. The van der Waals surface area contributed by atoms with Gasteiger partial charge in [-0.1, -0.05) is 24.3 Å². The molecule has 4 heteroatoms. The number of hydrogen-bond donors (Lipinski definition) is 0. The van der Waals surface area contributed by atoms with Crippen molar-refractivity contribution in [2.45, 2.75) is 38.2 Å². The minimum absolute atomic E-state index is 0.0222. The molecule has 3 aromatic carbocycles. The molecule has 3 nitrogen and oxygen atoms in total. The van der Waals surface area contributed by atoms with E-state index in [1.807, 2.05) is 12.1 Å². The van der Waals surface area contributed by atoms with Gasteiger partial charge >= 0.3 is 5.97 Å². The second-order valence-electron chi connectivity index (χ2n) is 11.4. The molecule has 0 saturated heterocycles. The van der Waals surface area contributed by atoms with Crippen LogP contribution in [0.3, 0.4) is 0 Å². The molecule has 1 aromatic heterocycles. The minimum atomic E-state index is -0.264. The van der Waals surface area contributed by atoms with Gasteiger partial charge in [0.1, 0.15) is 11.4 Å². The van der Waals surface area contributed by atoms with E-state index >= 15 is 0 Å². The Kier molecular flexibility index (Phi) is 4.00. The molecule has 4 aliphatic rings. The third-order valence-electron chi connectivity index (χ3n) is 10.0. The maximum absolute atomic E-state index is 12.8. The van der Waals surface area contributed by atoms with E-state index < -0.39 is 0 Å². The van der Waals surface area contributed by atoms with Crippen molar-refractivity contribution >= 4 is 36.6 Å². The first-order chi connectivity index (χ1) is 17.1. The van der Waals surface area contributed by atoms with Gasteiger partial charge in [-0.2, -0.15) is 0 Å². The topological polar surface area (TPSA) is 35.5 Å². The van der Waals surface area contributed by atoms with Gasteiger partial charge in [-0.3, -0.25) is 0 Å². The number of fused-ring (bicyclic) bond motifs is 4. The lowest BCUT2D eigenvalue weighted by atomic mass is 9.32. The summed E-state index contributed by atoms with van der Waals surface area (Å²) in [7, 11) is -0.120. The zero-order chi connectivity index (χ0) is 23.4. The van der Waals surface area contributed by atoms with Gasteiger partial charge in [0.15, 0.2) is 20.9 Å². The number of ether oxygens (including phenoxy) is 2. The summed E-state index contributed by atoms with van der Waals surface area (Å²) < 4.78 is 14.8. The summed E-state index contributed by atoms with van der Waals surface area (Å²) in [6.07, 6.45) is 5.33. The van der Waals surface area contributed by atoms with E-state index in [9.17, 15) is 4.79 Å². The first-order valence-corrected chi connectivity index (χ1v) is 14.2. The Bertz CT molecular complexity index is 1450. The van der Waals surface area contributed by atoms with Crippen molar-refractivity contribution in [3.8, 4) is 10.6 Å². The minimum Gasteiger partial charge on any atom is -0.482 e. The molecule has 2 bridgehead atoms. The first-order valence-electron chi connectivity index (χ1n) is 13.0. The van der Waals surface area contributed by atoms with Crippen LogP contribution in [0.1, 0.15) is 32.6 Å².